The van der Waals surface area contributed by atoms with Crippen LogP contribution >= 0.6 is 8.45 Å². The number of nitrogens with zero attached hydrogens (tertiary/aromatic N) is 2. The molecule has 0 spiro atoms. The van der Waals surface area contributed by atoms with Crippen LogP contribution in [0.1, 0.15) is 12.0 Å². The summed E-state index contributed by atoms with van der Waals surface area (Å²) in [6, 6.07) is 26.2. The van der Waals surface area contributed by atoms with Gasteiger partial charge in [-0.15, -0.1) is 0 Å². The lowest BCUT2D eigenvalue weighted by Gasteiger charge is -2.28. The normalized spacial score (nSPS) is 18.5. The third-order valence-electron chi connectivity index (χ3n) is 5.79. The van der Waals surface area contributed by atoms with Gasteiger partial charge in [-0.1, -0.05) is 30.3 Å². The standard InChI is InChI=1S/C25H30N3O3P/c1-30-24-12-8-21(9-13-24)26-17-16-23-19-28(22-10-14-25(31-2)15-11-22)32(29)27(23)18-20-6-4-3-5-7-20/h3-15,23,26,32H,16-19H2,1-2H3/t23-/m0/s1. The zero-order chi connectivity index (χ0) is 22.3. The minimum atomic E-state index is -2.12. The highest BCUT2D eigenvalue weighted by Crippen LogP contribution is 2.48. The Labute approximate surface area is 191 Å². The molecule has 0 radical (unpaired) electrons. The van der Waals surface area contributed by atoms with Crippen molar-refractivity contribution in [3.05, 3.63) is 84.4 Å². The predicted octanol–water partition coefficient (Wildman–Crippen LogP) is 4.22. The minimum Gasteiger partial charge on any atom is -0.648 e. The van der Waals surface area contributed by atoms with Crippen molar-refractivity contribution in [2.24, 2.45) is 0 Å². The van der Waals surface area contributed by atoms with E-state index >= 15 is 0 Å². The Morgan fingerprint density at radius 2 is 1.53 bits per heavy atom. The van der Waals surface area contributed by atoms with Gasteiger partial charge in [0.2, 0.25) is 0 Å². The van der Waals surface area contributed by atoms with Gasteiger partial charge in [0.25, 0.3) is 0 Å². The summed E-state index contributed by atoms with van der Waals surface area (Å²) in [6.07, 6.45) is 0.891. The molecule has 2 atom stereocenters. The average molecular weight is 452 g/mol. The zero-order valence-corrected chi connectivity index (χ0v) is 19.5. The van der Waals surface area contributed by atoms with Crippen molar-refractivity contribution >= 4 is 19.8 Å². The third-order valence-corrected chi connectivity index (χ3v) is 7.70. The maximum Gasteiger partial charge on any atom is 0.119 e. The Bertz CT molecular complexity index is 970. The molecule has 6 nitrogen and oxygen atoms in total. The van der Waals surface area contributed by atoms with E-state index in [-0.39, 0.29) is 6.04 Å². The van der Waals surface area contributed by atoms with E-state index in [4.69, 9.17) is 9.47 Å². The maximum absolute atomic E-state index is 13.6. The number of hydrogen-bond donors (Lipinski definition) is 1. The lowest BCUT2D eigenvalue weighted by molar-refractivity contribution is -0.170. The highest BCUT2D eigenvalue weighted by atomic mass is 31.2. The molecule has 168 valence electrons. The number of ether oxygens (including phenoxy) is 2. The van der Waals surface area contributed by atoms with E-state index < -0.39 is 8.45 Å². The van der Waals surface area contributed by atoms with Crippen LogP contribution in [0.4, 0.5) is 11.4 Å². The second-order valence-electron chi connectivity index (χ2n) is 7.80. The van der Waals surface area contributed by atoms with Gasteiger partial charge in [-0.3, -0.25) is 0 Å². The smallest absolute Gasteiger partial charge is 0.119 e. The first kappa shape index (κ1) is 22.4. The van der Waals surface area contributed by atoms with Crippen molar-refractivity contribution in [3.8, 4) is 11.5 Å². The van der Waals surface area contributed by atoms with E-state index in [1.807, 2.05) is 71.4 Å². The van der Waals surface area contributed by atoms with Crippen LogP contribution in [-0.2, 0) is 6.54 Å². The van der Waals surface area contributed by atoms with Crippen molar-refractivity contribution < 1.29 is 14.4 Å². The topological polar surface area (TPSA) is 60.0 Å². The molecule has 3 aromatic carbocycles. The van der Waals surface area contributed by atoms with Gasteiger partial charge in [0.05, 0.1) is 39.0 Å². The molecule has 1 N–H and O–H groups in total. The number of anilines is 2. The van der Waals surface area contributed by atoms with Gasteiger partial charge in [0, 0.05) is 12.2 Å². The van der Waals surface area contributed by atoms with Crippen LogP contribution in [0.5, 0.6) is 11.5 Å². The predicted molar refractivity (Wildman–Crippen MR) is 131 cm³/mol. The van der Waals surface area contributed by atoms with Gasteiger partial charge in [-0.25, -0.2) is 4.67 Å². The summed E-state index contributed by atoms with van der Waals surface area (Å²) in [7, 11) is 1.20. The molecule has 0 aromatic heterocycles. The Morgan fingerprint density at radius 1 is 0.906 bits per heavy atom. The van der Waals surface area contributed by atoms with Gasteiger partial charge in [-0.2, -0.15) is 4.67 Å². The molecule has 1 heterocycles. The molecule has 0 saturated carbocycles. The molecule has 1 aliphatic heterocycles. The van der Waals surface area contributed by atoms with E-state index in [0.717, 1.165) is 42.4 Å². The maximum atomic E-state index is 13.6. The Kier molecular flexibility index (Phi) is 7.48. The average Bonchev–Trinajstić information content (AvgIpc) is 3.15. The summed E-state index contributed by atoms with van der Waals surface area (Å²) in [5, 5.41) is 3.48. The molecule has 3 aromatic rings. The van der Waals surface area contributed by atoms with Crippen molar-refractivity contribution in [2.75, 3.05) is 37.3 Å². The lowest BCUT2D eigenvalue weighted by Crippen LogP contribution is -2.31. The quantitative estimate of drug-likeness (QED) is 0.492. The largest absolute Gasteiger partial charge is 0.648 e. The highest BCUT2D eigenvalue weighted by molar-refractivity contribution is 7.49. The van der Waals surface area contributed by atoms with Gasteiger partial charge in [0.1, 0.15) is 19.9 Å². The van der Waals surface area contributed by atoms with Crippen LogP contribution in [0.15, 0.2) is 78.9 Å². The fourth-order valence-corrected chi connectivity index (χ4v) is 5.88. The van der Waals surface area contributed by atoms with Crippen LogP contribution in [0.3, 0.4) is 0 Å². The van der Waals surface area contributed by atoms with Crippen LogP contribution in [0.2, 0.25) is 0 Å². The summed E-state index contributed by atoms with van der Waals surface area (Å²) in [4.78, 5) is 13.6. The molecule has 0 amide bonds. The molecule has 1 fully saturated rings. The van der Waals surface area contributed by atoms with Crippen molar-refractivity contribution in [1.29, 1.82) is 0 Å². The Hall–Kier alpha value is -2.79. The number of benzene rings is 3. The summed E-state index contributed by atoms with van der Waals surface area (Å²) in [5.41, 5.74) is 3.20. The molecule has 0 bridgehead atoms. The SMILES string of the molecule is COc1ccc(NCC[C@H]2CN(c3ccc(OC)cc3)[PH+]([O-])N2Cc2ccccc2)cc1. The molecule has 1 aliphatic rings. The first-order valence-corrected chi connectivity index (χ1v) is 12.1. The highest BCUT2D eigenvalue weighted by Gasteiger charge is 2.40. The fourth-order valence-electron chi connectivity index (χ4n) is 3.99. The second-order valence-corrected chi connectivity index (χ2v) is 9.48. The van der Waals surface area contributed by atoms with Crippen molar-refractivity contribution in [2.45, 2.75) is 19.0 Å². The number of hydrogen-bond acceptors (Lipinski definition) is 6. The summed E-state index contributed by atoms with van der Waals surface area (Å²) >= 11 is 0. The van der Waals surface area contributed by atoms with E-state index in [9.17, 15) is 4.89 Å². The van der Waals surface area contributed by atoms with Gasteiger partial charge < -0.3 is 19.7 Å². The summed E-state index contributed by atoms with van der Waals surface area (Å²) in [5.74, 6) is 1.64. The van der Waals surface area contributed by atoms with Crippen molar-refractivity contribution in [3.63, 3.8) is 0 Å². The summed E-state index contributed by atoms with van der Waals surface area (Å²) in [6.45, 7) is 2.22. The Morgan fingerprint density at radius 3 is 2.16 bits per heavy atom. The third kappa shape index (κ3) is 5.33. The molecule has 7 heteroatoms. The second kappa shape index (κ2) is 10.7. The van der Waals surface area contributed by atoms with Crippen LogP contribution in [-0.4, -0.2) is 38.0 Å². The zero-order valence-electron chi connectivity index (χ0n) is 18.5. The van der Waals surface area contributed by atoms with Crippen LogP contribution in [0, 0.1) is 0 Å². The van der Waals surface area contributed by atoms with E-state index in [1.165, 1.54) is 5.56 Å². The fraction of sp³-hybridized carbons (Fsp3) is 0.280. The number of nitrogens with one attached hydrogen (secondary N) is 1. The first-order valence-electron chi connectivity index (χ1n) is 10.8. The molecule has 32 heavy (non-hydrogen) atoms. The molecule has 4 rings (SSSR count). The lowest BCUT2D eigenvalue weighted by atomic mass is 10.1. The van der Waals surface area contributed by atoms with E-state index in [1.54, 1.807) is 14.2 Å². The Balaban J connectivity index is 1.46. The number of rotatable bonds is 9. The van der Waals surface area contributed by atoms with Crippen molar-refractivity contribution in [1.82, 2.24) is 4.67 Å². The summed E-state index contributed by atoms with van der Waals surface area (Å²) < 4.78 is 14.7. The molecular formula is C25H30N3O3P. The molecule has 1 unspecified atom stereocenters. The molecule has 0 aliphatic carbocycles. The molecule has 1 saturated heterocycles. The van der Waals surface area contributed by atoms with E-state index in [2.05, 4.69) is 22.1 Å². The van der Waals surface area contributed by atoms with Gasteiger partial charge in [-0.05, 0) is 60.5 Å². The van der Waals surface area contributed by atoms with Crippen LogP contribution in [0.25, 0.3) is 0 Å². The number of methoxy groups -OCH3 is 2. The first-order chi connectivity index (χ1) is 15.7. The van der Waals surface area contributed by atoms with Crippen LogP contribution < -0.4 is 24.4 Å². The molecular weight excluding hydrogens is 421 g/mol. The van der Waals surface area contributed by atoms with Gasteiger partial charge >= 0.3 is 0 Å². The van der Waals surface area contributed by atoms with Gasteiger partial charge in [0.15, 0.2) is 0 Å². The minimum absolute atomic E-state index is 0.189. The monoisotopic (exact) mass is 451 g/mol. The van der Waals surface area contributed by atoms with E-state index in [0.29, 0.717) is 6.54 Å².